The number of halogens is 1. The molecule has 0 radical (unpaired) electrons. The summed E-state index contributed by atoms with van der Waals surface area (Å²) < 4.78 is 13.2. The molecule has 0 aromatic heterocycles. The van der Waals surface area contributed by atoms with Crippen LogP contribution >= 0.6 is 0 Å². The normalized spacial score (nSPS) is 21.3. The maximum atomic E-state index is 13.3. The van der Waals surface area contributed by atoms with Gasteiger partial charge >= 0.3 is 0 Å². The fraction of sp³-hybridized carbons (Fsp3) is 0.531. The molecule has 1 aliphatic heterocycles. The summed E-state index contributed by atoms with van der Waals surface area (Å²) in [6.45, 7) is 3.27. The van der Waals surface area contributed by atoms with Crippen LogP contribution in [0.3, 0.4) is 0 Å². The summed E-state index contributed by atoms with van der Waals surface area (Å²) in [4.78, 5) is 41.0. The Morgan fingerprint density at radius 3 is 2.18 bits per heavy atom. The molecular weight excluding hydrogens is 493 g/mol. The Hall–Kier alpha value is -3.22. The third-order valence-corrected chi connectivity index (χ3v) is 8.12. The van der Waals surface area contributed by atoms with Gasteiger partial charge in [-0.3, -0.25) is 14.4 Å². The Kier molecular flexibility index (Phi) is 10.5. The number of carbonyl (C=O) groups excluding carboxylic acids is 3. The number of aryl methyl sites for hydroxylation is 1. The van der Waals surface area contributed by atoms with Crippen LogP contribution in [-0.2, 0) is 11.2 Å². The fourth-order valence-electron chi connectivity index (χ4n) is 5.76. The zero-order valence-electron chi connectivity index (χ0n) is 23.1. The van der Waals surface area contributed by atoms with E-state index in [1.165, 1.54) is 55.5 Å². The van der Waals surface area contributed by atoms with Crippen LogP contribution in [0.2, 0.25) is 0 Å². The van der Waals surface area contributed by atoms with E-state index >= 15 is 0 Å². The molecule has 2 aliphatic rings. The summed E-state index contributed by atoms with van der Waals surface area (Å²) in [6, 6.07) is 13.1. The molecule has 39 heavy (non-hydrogen) atoms. The van der Waals surface area contributed by atoms with E-state index in [1.807, 2.05) is 12.1 Å². The lowest BCUT2D eigenvalue weighted by atomic mass is 9.88. The molecule has 3 atom stereocenters. The lowest BCUT2D eigenvalue weighted by molar-refractivity contribution is -0.127. The number of hydrogen-bond donors (Lipinski definition) is 2. The number of piperidine rings is 1. The highest BCUT2D eigenvalue weighted by molar-refractivity contribution is 5.95. The Bertz CT molecular complexity index is 1100. The Labute approximate surface area is 231 Å². The van der Waals surface area contributed by atoms with Crippen molar-refractivity contribution >= 4 is 17.7 Å². The minimum atomic E-state index is -0.385. The number of amides is 3. The van der Waals surface area contributed by atoms with Crippen molar-refractivity contribution in [3.05, 3.63) is 71.0 Å². The summed E-state index contributed by atoms with van der Waals surface area (Å²) in [5.74, 6) is -0.988. The molecule has 2 fully saturated rings. The quantitative estimate of drug-likeness (QED) is 0.386. The number of nitrogens with zero attached hydrogens (tertiary/aromatic N) is 1. The minimum Gasteiger partial charge on any atom is -0.351 e. The van der Waals surface area contributed by atoms with Crippen LogP contribution in [0.4, 0.5) is 4.39 Å². The van der Waals surface area contributed by atoms with Crippen molar-refractivity contribution in [3.8, 4) is 0 Å². The minimum absolute atomic E-state index is 0.0212. The second kappa shape index (κ2) is 14.2. The van der Waals surface area contributed by atoms with E-state index in [-0.39, 0.29) is 41.5 Å². The molecule has 0 unspecified atom stereocenters. The molecule has 1 saturated heterocycles. The molecule has 2 N–H and O–H groups in total. The van der Waals surface area contributed by atoms with Crippen molar-refractivity contribution < 1.29 is 18.8 Å². The molecule has 4 rings (SSSR count). The van der Waals surface area contributed by atoms with Crippen LogP contribution in [0.1, 0.15) is 97.4 Å². The van der Waals surface area contributed by atoms with Crippen LogP contribution in [0, 0.1) is 11.7 Å². The molecule has 0 bridgehead atoms. The second-order valence-corrected chi connectivity index (χ2v) is 11.1. The van der Waals surface area contributed by atoms with Gasteiger partial charge in [0.1, 0.15) is 5.82 Å². The van der Waals surface area contributed by atoms with Gasteiger partial charge in [0, 0.05) is 36.3 Å². The number of nitrogens with one attached hydrogen (secondary N) is 2. The van der Waals surface area contributed by atoms with Crippen LogP contribution < -0.4 is 10.6 Å². The Morgan fingerprint density at radius 2 is 1.49 bits per heavy atom. The molecule has 1 heterocycles. The maximum absolute atomic E-state index is 13.3. The molecular formula is C32H42FN3O3. The highest BCUT2D eigenvalue weighted by Gasteiger charge is 2.33. The van der Waals surface area contributed by atoms with E-state index in [2.05, 4.69) is 29.7 Å². The predicted octanol–water partition coefficient (Wildman–Crippen LogP) is 5.66. The zero-order valence-corrected chi connectivity index (χ0v) is 23.1. The summed E-state index contributed by atoms with van der Waals surface area (Å²) >= 11 is 0. The van der Waals surface area contributed by atoms with Gasteiger partial charge in [-0.1, -0.05) is 51.2 Å². The monoisotopic (exact) mass is 535 g/mol. The van der Waals surface area contributed by atoms with Gasteiger partial charge < -0.3 is 15.5 Å². The van der Waals surface area contributed by atoms with Crippen molar-refractivity contribution in [2.45, 2.75) is 89.6 Å². The van der Waals surface area contributed by atoms with Gasteiger partial charge in [0.2, 0.25) is 5.91 Å². The lowest BCUT2D eigenvalue weighted by Gasteiger charge is -2.36. The predicted molar refractivity (Wildman–Crippen MR) is 151 cm³/mol. The second-order valence-electron chi connectivity index (χ2n) is 11.1. The van der Waals surface area contributed by atoms with Gasteiger partial charge in [-0.25, -0.2) is 4.39 Å². The smallest absolute Gasteiger partial charge is 0.253 e. The Morgan fingerprint density at radius 1 is 0.821 bits per heavy atom. The van der Waals surface area contributed by atoms with Gasteiger partial charge in [-0.15, -0.1) is 0 Å². The number of benzene rings is 2. The summed E-state index contributed by atoms with van der Waals surface area (Å²) in [5, 5.41) is 6.23. The molecule has 1 saturated carbocycles. The van der Waals surface area contributed by atoms with Crippen LogP contribution in [0.5, 0.6) is 0 Å². The SMILES string of the molecule is CCCCCCc1ccc(C(=O)N2CCC[C@@H](C(=O)N[C@@H]3CCCC[C@H]3NC(=O)c3ccc(F)cc3)C2)cc1. The first-order chi connectivity index (χ1) is 18.9. The standard InChI is InChI=1S/C32H42FN3O3/c1-2-3-4-5-9-23-13-15-25(16-14-23)32(39)36-21-8-10-26(22-36)31(38)35-29-12-7-6-11-28(29)34-30(37)24-17-19-27(33)20-18-24/h13-20,26,28-29H,2-12,21-22H2,1H3,(H,34,37)(H,35,38)/t26-,28-,29-/m1/s1. The number of unbranched alkanes of at least 4 members (excludes halogenated alkanes) is 3. The molecule has 6 nitrogen and oxygen atoms in total. The van der Waals surface area contributed by atoms with Gasteiger partial charge in [0.05, 0.1) is 5.92 Å². The van der Waals surface area contributed by atoms with Crippen LogP contribution in [-0.4, -0.2) is 47.8 Å². The third-order valence-electron chi connectivity index (χ3n) is 8.12. The summed E-state index contributed by atoms with van der Waals surface area (Å²) in [7, 11) is 0. The number of carbonyl (C=O) groups is 3. The van der Waals surface area contributed by atoms with Crippen LogP contribution in [0.25, 0.3) is 0 Å². The molecule has 2 aromatic rings. The van der Waals surface area contributed by atoms with E-state index in [1.54, 1.807) is 4.90 Å². The Balaban J connectivity index is 1.30. The first-order valence-corrected chi connectivity index (χ1v) is 14.7. The van der Waals surface area contributed by atoms with Gasteiger partial charge in [-0.05, 0) is 80.5 Å². The topological polar surface area (TPSA) is 78.5 Å². The van der Waals surface area contributed by atoms with E-state index in [0.29, 0.717) is 24.2 Å². The number of likely N-dealkylation sites (tertiary alicyclic amines) is 1. The van der Waals surface area contributed by atoms with Crippen molar-refractivity contribution in [3.63, 3.8) is 0 Å². The molecule has 7 heteroatoms. The molecule has 3 amide bonds. The van der Waals surface area contributed by atoms with E-state index < -0.39 is 0 Å². The van der Waals surface area contributed by atoms with Crippen molar-refractivity contribution in [2.75, 3.05) is 13.1 Å². The van der Waals surface area contributed by atoms with E-state index in [0.717, 1.165) is 44.9 Å². The summed E-state index contributed by atoms with van der Waals surface area (Å²) in [5.41, 5.74) is 2.33. The zero-order chi connectivity index (χ0) is 27.6. The fourth-order valence-corrected chi connectivity index (χ4v) is 5.76. The van der Waals surface area contributed by atoms with Gasteiger partial charge in [0.15, 0.2) is 0 Å². The molecule has 0 spiro atoms. The summed E-state index contributed by atoms with van der Waals surface area (Å²) in [6.07, 6.45) is 11.0. The van der Waals surface area contributed by atoms with E-state index in [9.17, 15) is 18.8 Å². The third kappa shape index (κ3) is 8.13. The number of rotatable bonds is 10. The maximum Gasteiger partial charge on any atom is 0.253 e. The highest BCUT2D eigenvalue weighted by atomic mass is 19.1. The largest absolute Gasteiger partial charge is 0.351 e. The lowest BCUT2D eigenvalue weighted by Crippen LogP contribution is -2.55. The first kappa shape index (κ1) is 28.8. The number of hydrogen-bond acceptors (Lipinski definition) is 3. The average molecular weight is 536 g/mol. The van der Waals surface area contributed by atoms with Crippen LogP contribution in [0.15, 0.2) is 48.5 Å². The van der Waals surface area contributed by atoms with Gasteiger partial charge in [-0.2, -0.15) is 0 Å². The van der Waals surface area contributed by atoms with Crippen molar-refractivity contribution in [1.82, 2.24) is 15.5 Å². The van der Waals surface area contributed by atoms with Crippen molar-refractivity contribution in [2.24, 2.45) is 5.92 Å². The average Bonchev–Trinajstić information content (AvgIpc) is 2.96. The highest BCUT2D eigenvalue weighted by Crippen LogP contribution is 2.23. The van der Waals surface area contributed by atoms with Gasteiger partial charge in [0.25, 0.3) is 11.8 Å². The molecule has 210 valence electrons. The molecule has 2 aromatic carbocycles. The van der Waals surface area contributed by atoms with Crippen molar-refractivity contribution in [1.29, 1.82) is 0 Å². The molecule has 1 aliphatic carbocycles. The van der Waals surface area contributed by atoms with E-state index in [4.69, 9.17) is 0 Å². The first-order valence-electron chi connectivity index (χ1n) is 14.7.